The van der Waals surface area contributed by atoms with Gasteiger partial charge in [0.15, 0.2) is 0 Å². The molecule has 4 heterocycles. The number of nitrogens with zero attached hydrogens (tertiary/aromatic N) is 3. The van der Waals surface area contributed by atoms with Gasteiger partial charge in [-0.1, -0.05) is 11.6 Å². The number of alkyl halides is 4. The van der Waals surface area contributed by atoms with Gasteiger partial charge in [-0.3, -0.25) is 4.90 Å². The van der Waals surface area contributed by atoms with E-state index in [0.29, 0.717) is 24.2 Å². The number of nitrogens with two attached hydrogens (primary N) is 1. The molecule has 6 nitrogen and oxygen atoms in total. The summed E-state index contributed by atoms with van der Waals surface area (Å²) in [6, 6.07) is 2.44. The maximum atomic E-state index is 14.0. The number of ether oxygens (including phenoxy) is 2. The third-order valence-corrected chi connectivity index (χ3v) is 7.05. The summed E-state index contributed by atoms with van der Waals surface area (Å²) in [5, 5.41) is -0.471. The molecule has 0 bridgehead atoms. The Hall–Kier alpha value is -2.17. The highest BCUT2D eigenvalue weighted by Gasteiger charge is 2.49. The molecule has 3 atom stereocenters. The van der Waals surface area contributed by atoms with Gasteiger partial charge >= 0.3 is 12.2 Å². The molecule has 2 N–H and O–H groups in total. The van der Waals surface area contributed by atoms with Crippen molar-refractivity contribution in [3.8, 4) is 6.01 Å². The van der Waals surface area contributed by atoms with Crippen LogP contribution in [0.4, 0.5) is 23.2 Å². The SMILES string of the molecule is Nc1cc(Cl)c(C(F)(F)F)c(C2Cc3nc(OC[C@@]45CCCN4C[C@H](F)C5)ncc3CO2)c1. The molecule has 3 aliphatic rings. The van der Waals surface area contributed by atoms with Gasteiger partial charge in [0, 0.05) is 36.8 Å². The molecular formula is C22H23ClF4N4O2. The highest BCUT2D eigenvalue weighted by Crippen LogP contribution is 2.44. The maximum Gasteiger partial charge on any atom is 0.418 e. The Kier molecular flexibility index (Phi) is 5.65. The van der Waals surface area contributed by atoms with Crippen LogP contribution in [0.5, 0.6) is 6.01 Å². The van der Waals surface area contributed by atoms with Crippen LogP contribution in [-0.2, 0) is 23.9 Å². The van der Waals surface area contributed by atoms with Crippen LogP contribution in [0.1, 0.15) is 47.8 Å². The van der Waals surface area contributed by atoms with Gasteiger partial charge in [0.1, 0.15) is 12.8 Å². The highest BCUT2D eigenvalue weighted by molar-refractivity contribution is 6.31. The minimum Gasteiger partial charge on any atom is -0.461 e. The van der Waals surface area contributed by atoms with Crippen LogP contribution in [0.2, 0.25) is 5.02 Å². The van der Waals surface area contributed by atoms with Crippen LogP contribution in [0.25, 0.3) is 0 Å². The molecule has 5 rings (SSSR count). The molecule has 0 aliphatic carbocycles. The van der Waals surface area contributed by atoms with Gasteiger partial charge in [-0.25, -0.2) is 9.37 Å². The second-order valence-electron chi connectivity index (χ2n) is 8.96. The van der Waals surface area contributed by atoms with Gasteiger partial charge in [0.2, 0.25) is 0 Å². The van der Waals surface area contributed by atoms with Crippen molar-refractivity contribution in [2.45, 2.75) is 56.3 Å². The lowest BCUT2D eigenvalue weighted by atomic mass is 9.94. The molecule has 0 saturated carbocycles. The molecule has 11 heteroatoms. The van der Waals surface area contributed by atoms with Crippen molar-refractivity contribution in [3.63, 3.8) is 0 Å². The van der Waals surface area contributed by atoms with Gasteiger partial charge in [0.05, 0.1) is 34.5 Å². The van der Waals surface area contributed by atoms with Crippen LogP contribution in [0.3, 0.4) is 0 Å². The Morgan fingerprint density at radius 2 is 2.15 bits per heavy atom. The van der Waals surface area contributed by atoms with E-state index in [2.05, 4.69) is 14.9 Å². The predicted octanol–water partition coefficient (Wildman–Crippen LogP) is 4.50. The lowest BCUT2D eigenvalue weighted by molar-refractivity contribution is -0.139. The van der Waals surface area contributed by atoms with Crippen molar-refractivity contribution >= 4 is 17.3 Å². The first-order valence-corrected chi connectivity index (χ1v) is 11.2. The van der Waals surface area contributed by atoms with E-state index >= 15 is 0 Å². The van der Waals surface area contributed by atoms with Gasteiger partial charge in [0.25, 0.3) is 0 Å². The number of anilines is 1. The smallest absolute Gasteiger partial charge is 0.418 e. The van der Waals surface area contributed by atoms with E-state index in [1.165, 1.54) is 6.07 Å². The van der Waals surface area contributed by atoms with Crippen LogP contribution < -0.4 is 10.5 Å². The number of fused-ring (bicyclic) bond motifs is 2. The summed E-state index contributed by atoms with van der Waals surface area (Å²) in [5.74, 6) is 0. The molecule has 2 fully saturated rings. The first kappa shape index (κ1) is 22.6. The number of benzene rings is 1. The lowest BCUT2D eigenvalue weighted by Crippen LogP contribution is -2.43. The van der Waals surface area contributed by atoms with E-state index in [0.717, 1.165) is 25.5 Å². The topological polar surface area (TPSA) is 73.5 Å². The third kappa shape index (κ3) is 4.24. The van der Waals surface area contributed by atoms with Gasteiger partial charge in [-0.05, 0) is 37.1 Å². The van der Waals surface area contributed by atoms with Crippen molar-refractivity contribution < 1.29 is 27.0 Å². The Morgan fingerprint density at radius 1 is 1.33 bits per heavy atom. The number of hydrogen-bond donors (Lipinski definition) is 1. The molecule has 2 saturated heterocycles. The number of halogens is 5. The molecule has 1 aromatic heterocycles. The summed E-state index contributed by atoms with van der Waals surface area (Å²) in [5.41, 5.74) is 5.67. The molecule has 178 valence electrons. The fourth-order valence-corrected chi connectivity index (χ4v) is 5.61. The second kappa shape index (κ2) is 8.25. The zero-order valence-corrected chi connectivity index (χ0v) is 18.4. The average Bonchev–Trinajstić information content (AvgIpc) is 3.25. The Balaban J connectivity index is 1.37. The van der Waals surface area contributed by atoms with Crippen molar-refractivity contribution in [3.05, 3.63) is 45.7 Å². The van der Waals surface area contributed by atoms with Crippen molar-refractivity contribution in [2.24, 2.45) is 0 Å². The zero-order valence-electron chi connectivity index (χ0n) is 17.7. The second-order valence-corrected chi connectivity index (χ2v) is 9.36. The highest BCUT2D eigenvalue weighted by atomic mass is 35.5. The minimum atomic E-state index is -4.66. The van der Waals surface area contributed by atoms with Crippen LogP contribution in [-0.4, -0.2) is 46.3 Å². The monoisotopic (exact) mass is 486 g/mol. The lowest BCUT2D eigenvalue weighted by Gasteiger charge is -2.31. The fraction of sp³-hybridized carbons (Fsp3) is 0.545. The summed E-state index contributed by atoms with van der Waals surface area (Å²) < 4.78 is 66.6. The van der Waals surface area contributed by atoms with Crippen LogP contribution in [0, 0.1) is 0 Å². The quantitative estimate of drug-likeness (QED) is 0.507. The van der Waals surface area contributed by atoms with E-state index < -0.39 is 29.0 Å². The van der Waals surface area contributed by atoms with E-state index in [9.17, 15) is 17.6 Å². The Labute approximate surface area is 193 Å². The number of nitrogen functional groups attached to an aromatic ring is 1. The van der Waals surface area contributed by atoms with E-state index in [-0.39, 0.29) is 42.4 Å². The zero-order chi connectivity index (χ0) is 23.4. The largest absolute Gasteiger partial charge is 0.461 e. The molecule has 0 amide bonds. The molecule has 1 unspecified atom stereocenters. The summed E-state index contributed by atoms with van der Waals surface area (Å²) >= 11 is 5.89. The number of aromatic nitrogens is 2. The van der Waals surface area contributed by atoms with E-state index in [4.69, 9.17) is 26.8 Å². The van der Waals surface area contributed by atoms with Gasteiger partial charge in [-0.2, -0.15) is 18.2 Å². The third-order valence-electron chi connectivity index (χ3n) is 6.76. The minimum absolute atomic E-state index is 0.0469. The number of hydrogen-bond acceptors (Lipinski definition) is 6. The van der Waals surface area contributed by atoms with E-state index in [1.807, 2.05) is 0 Å². The molecule has 2 aromatic rings. The van der Waals surface area contributed by atoms with Gasteiger partial charge in [-0.15, -0.1) is 0 Å². The first-order valence-electron chi connectivity index (χ1n) is 10.8. The van der Waals surface area contributed by atoms with Crippen molar-refractivity contribution in [1.82, 2.24) is 14.9 Å². The summed E-state index contributed by atoms with van der Waals surface area (Å²) in [6.07, 6.45) is -2.55. The molecule has 3 aliphatic heterocycles. The number of rotatable bonds is 4. The Morgan fingerprint density at radius 3 is 2.94 bits per heavy atom. The summed E-state index contributed by atoms with van der Waals surface area (Å²) in [7, 11) is 0. The van der Waals surface area contributed by atoms with Gasteiger partial charge < -0.3 is 15.2 Å². The first-order chi connectivity index (χ1) is 15.6. The molecular weight excluding hydrogens is 464 g/mol. The van der Waals surface area contributed by atoms with Crippen molar-refractivity contribution in [1.29, 1.82) is 0 Å². The standard InChI is InChI=1S/C22H23ClF4N4O2/c23-16-5-14(28)4-15(19(16)22(25,26)27)18-6-17-12(10-32-18)8-29-20(30-17)33-11-21-2-1-3-31(21)9-13(24)7-21/h4-5,8,13,18H,1-3,6-7,9-11,28H2/t13-,18?,21+/m1/s1. The van der Waals surface area contributed by atoms with Crippen LogP contribution >= 0.6 is 11.6 Å². The Bertz CT molecular complexity index is 1070. The van der Waals surface area contributed by atoms with E-state index in [1.54, 1.807) is 6.20 Å². The summed E-state index contributed by atoms with van der Waals surface area (Å²) in [4.78, 5) is 10.8. The van der Waals surface area contributed by atoms with Crippen molar-refractivity contribution in [2.75, 3.05) is 25.4 Å². The maximum absolute atomic E-state index is 14.0. The van der Waals surface area contributed by atoms with Crippen LogP contribution in [0.15, 0.2) is 18.3 Å². The fourth-order valence-electron chi connectivity index (χ4n) is 5.27. The predicted molar refractivity (Wildman–Crippen MR) is 113 cm³/mol. The molecule has 33 heavy (non-hydrogen) atoms. The molecule has 0 radical (unpaired) electrons. The molecule has 0 spiro atoms. The normalized spacial score (nSPS) is 27.4. The average molecular weight is 487 g/mol. The summed E-state index contributed by atoms with van der Waals surface area (Å²) in [6.45, 7) is 1.58. The molecule has 1 aromatic carbocycles.